The molecule has 0 aliphatic carbocycles. The standard InChI is InChI=1S/C16H17N3/c1-11-8-14(6-7-15(11)16(17)18)19-9-12-4-2-3-5-13(12)10-19/h2-8H,9-10H2,1H3,(H3,17,18). The van der Waals surface area contributed by atoms with Crippen molar-refractivity contribution in [3.63, 3.8) is 0 Å². The summed E-state index contributed by atoms with van der Waals surface area (Å²) in [5.74, 6) is 0.133. The van der Waals surface area contributed by atoms with Crippen LogP contribution in [0.4, 0.5) is 5.69 Å². The van der Waals surface area contributed by atoms with Crippen LogP contribution < -0.4 is 10.6 Å². The van der Waals surface area contributed by atoms with Gasteiger partial charge < -0.3 is 10.6 Å². The van der Waals surface area contributed by atoms with Gasteiger partial charge in [-0.25, -0.2) is 0 Å². The van der Waals surface area contributed by atoms with Crippen LogP contribution in [0.15, 0.2) is 42.5 Å². The molecule has 3 heteroatoms. The maximum Gasteiger partial charge on any atom is 0.123 e. The maximum atomic E-state index is 7.53. The number of nitrogen functional groups attached to an aromatic ring is 1. The van der Waals surface area contributed by atoms with E-state index in [-0.39, 0.29) is 5.84 Å². The first-order valence-electron chi connectivity index (χ1n) is 6.42. The zero-order valence-corrected chi connectivity index (χ0v) is 11.0. The van der Waals surface area contributed by atoms with E-state index in [9.17, 15) is 0 Å². The molecule has 0 radical (unpaired) electrons. The Morgan fingerprint density at radius 2 is 1.74 bits per heavy atom. The number of benzene rings is 2. The molecule has 0 fully saturated rings. The van der Waals surface area contributed by atoms with Gasteiger partial charge in [0.2, 0.25) is 0 Å². The normalized spacial score (nSPS) is 13.4. The summed E-state index contributed by atoms with van der Waals surface area (Å²) in [6.07, 6.45) is 0. The van der Waals surface area contributed by atoms with E-state index in [0.29, 0.717) is 0 Å². The van der Waals surface area contributed by atoms with E-state index in [0.717, 1.165) is 24.2 Å². The topological polar surface area (TPSA) is 53.1 Å². The molecule has 2 aromatic carbocycles. The van der Waals surface area contributed by atoms with Crippen molar-refractivity contribution < 1.29 is 0 Å². The second-order valence-electron chi connectivity index (χ2n) is 5.04. The lowest BCUT2D eigenvalue weighted by molar-refractivity contribution is 0.879. The molecule has 1 aliphatic heterocycles. The minimum atomic E-state index is 0.133. The molecular formula is C16H17N3. The molecule has 0 atom stereocenters. The fourth-order valence-corrected chi connectivity index (χ4v) is 2.66. The zero-order valence-electron chi connectivity index (χ0n) is 11.0. The Morgan fingerprint density at radius 1 is 1.11 bits per heavy atom. The van der Waals surface area contributed by atoms with Crippen LogP contribution in [0.3, 0.4) is 0 Å². The van der Waals surface area contributed by atoms with E-state index in [1.54, 1.807) is 0 Å². The lowest BCUT2D eigenvalue weighted by atomic mass is 10.1. The van der Waals surface area contributed by atoms with Gasteiger partial charge in [0, 0.05) is 24.3 Å². The highest BCUT2D eigenvalue weighted by molar-refractivity contribution is 5.96. The Balaban J connectivity index is 1.90. The zero-order chi connectivity index (χ0) is 13.4. The molecule has 0 saturated heterocycles. The number of nitrogens with zero attached hydrogens (tertiary/aromatic N) is 1. The number of amidine groups is 1. The van der Waals surface area contributed by atoms with E-state index in [4.69, 9.17) is 11.1 Å². The summed E-state index contributed by atoms with van der Waals surface area (Å²) in [5.41, 5.74) is 11.4. The van der Waals surface area contributed by atoms with Crippen molar-refractivity contribution in [3.8, 4) is 0 Å². The molecule has 0 unspecified atom stereocenters. The third-order valence-corrected chi connectivity index (χ3v) is 3.71. The minimum absolute atomic E-state index is 0.133. The van der Waals surface area contributed by atoms with Gasteiger partial charge in [-0.1, -0.05) is 24.3 Å². The second-order valence-corrected chi connectivity index (χ2v) is 5.04. The molecule has 3 nitrogen and oxygen atoms in total. The highest BCUT2D eigenvalue weighted by Crippen LogP contribution is 2.29. The van der Waals surface area contributed by atoms with Crippen LogP contribution in [-0.2, 0) is 13.1 Å². The first kappa shape index (κ1) is 11.8. The van der Waals surface area contributed by atoms with Gasteiger partial charge >= 0.3 is 0 Å². The highest BCUT2D eigenvalue weighted by atomic mass is 15.1. The van der Waals surface area contributed by atoms with Gasteiger partial charge in [-0.15, -0.1) is 0 Å². The van der Waals surface area contributed by atoms with Crippen LogP contribution in [0.25, 0.3) is 0 Å². The van der Waals surface area contributed by atoms with Gasteiger partial charge in [0.15, 0.2) is 0 Å². The lowest BCUT2D eigenvalue weighted by Gasteiger charge is -2.19. The smallest absolute Gasteiger partial charge is 0.123 e. The van der Waals surface area contributed by atoms with E-state index in [1.807, 2.05) is 13.0 Å². The van der Waals surface area contributed by atoms with Crippen LogP contribution in [0.5, 0.6) is 0 Å². The van der Waals surface area contributed by atoms with E-state index >= 15 is 0 Å². The molecule has 0 amide bonds. The fraction of sp³-hybridized carbons (Fsp3) is 0.188. The molecule has 96 valence electrons. The van der Waals surface area contributed by atoms with Gasteiger partial charge in [0.25, 0.3) is 0 Å². The molecule has 3 rings (SSSR count). The molecular weight excluding hydrogens is 234 g/mol. The van der Waals surface area contributed by atoms with Gasteiger partial charge in [-0.05, 0) is 41.8 Å². The summed E-state index contributed by atoms with van der Waals surface area (Å²) in [5, 5.41) is 7.53. The molecule has 1 aliphatic rings. The van der Waals surface area contributed by atoms with Gasteiger partial charge in [-0.3, -0.25) is 5.41 Å². The van der Waals surface area contributed by atoms with E-state index in [1.165, 1.54) is 16.8 Å². The number of nitrogens with one attached hydrogen (secondary N) is 1. The largest absolute Gasteiger partial charge is 0.384 e. The summed E-state index contributed by atoms with van der Waals surface area (Å²) in [7, 11) is 0. The first-order valence-corrected chi connectivity index (χ1v) is 6.42. The number of anilines is 1. The number of fused-ring (bicyclic) bond motifs is 1. The maximum absolute atomic E-state index is 7.53. The Labute approximate surface area is 113 Å². The van der Waals surface area contributed by atoms with E-state index in [2.05, 4.69) is 41.3 Å². The first-order chi connectivity index (χ1) is 9.15. The SMILES string of the molecule is Cc1cc(N2Cc3ccccc3C2)ccc1C(=N)N. The van der Waals surface area contributed by atoms with Crippen molar-refractivity contribution in [2.45, 2.75) is 20.0 Å². The van der Waals surface area contributed by atoms with Gasteiger partial charge in [-0.2, -0.15) is 0 Å². The van der Waals surface area contributed by atoms with Gasteiger partial charge in [0.05, 0.1) is 0 Å². The summed E-state index contributed by atoms with van der Waals surface area (Å²) >= 11 is 0. The second kappa shape index (κ2) is 4.43. The molecule has 3 N–H and O–H groups in total. The monoisotopic (exact) mass is 251 g/mol. The van der Waals surface area contributed by atoms with Crippen LogP contribution in [0, 0.1) is 12.3 Å². The number of aryl methyl sites for hydroxylation is 1. The molecule has 0 saturated carbocycles. The van der Waals surface area contributed by atoms with Crippen molar-refractivity contribution in [1.82, 2.24) is 0 Å². The molecule has 1 heterocycles. The quantitative estimate of drug-likeness (QED) is 0.637. The number of hydrogen-bond acceptors (Lipinski definition) is 2. The Morgan fingerprint density at radius 3 is 2.26 bits per heavy atom. The van der Waals surface area contributed by atoms with Crippen LogP contribution in [-0.4, -0.2) is 5.84 Å². The third-order valence-electron chi connectivity index (χ3n) is 3.71. The lowest BCUT2D eigenvalue weighted by Crippen LogP contribution is -2.16. The predicted octanol–water partition coefficient (Wildman–Crippen LogP) is 2.80. The van der Waals surface area contributed by atoms with Crippen LogP contribution >= 0.6 is 0 Å². The molecule has 19 heavy (non-hydrogen) atoms. The van der Waals surface area contributed by atoms with Crippen molar-refractivity contribution >= 4 is 11.5 Å². The summed E-state index contributed by atoms with van der Waals surface area (Å²) < 4.78 is 0. The Kier molecular flexibility index (Phi) is 2.75. The molecule has 0 spiro atoms. The number of hydrogen-bond donors (Lipinski definition) is 2. The molecule has 2 aromatic rings. The average Bonchev–Trinajstić information content (AvgIpc) is 2.81. The van der Waals surface area contributed by atoms with Gasteiger partial charge in [0.1, 0.15) is 5.84 Å². The van der Waals surface area contributed by atoms with Crippen molar-refractivity contribution in [3.05, 3.63) is 64.7 Å². The number of nitrogens with two attached hydrogens (primary N) is 1. The Bertz CT molecular complexity index is 621. The average molecular weight is 251 g/mol. The Hall–Kier alpha value is -2.29. The minimum Gasteiger partial charge on any atom is -0.384 e. The van der Waals surface area contributed by atoms with Crippen molar-refractivity contribution in [2.75, 3.05) is 4.90 Å². The third kappa shape index (κ3) is 2.08. The summed E-state index contributed by atoms with van der Waals surface area (Å²) in [6, 6.07) is 14.7. The van der Waals surface area contributed by atoms with Crippen molar-refractivity contribution in [2.24, 2.45) is 5.73 Å². The van der Waals surface area contributed by atoms with E-state index < -0.39 is 0 Å². The number of rotatable bonds is 2. The summed E-state index contributed by atoms with van der Waals surface area (Å²) in [6.45, 7) is 3.91. The molecule has 0 bridgehead atoms. The highest BCUT2D eigenvalue weighted by Gasteiger charge is 2.18. The predicted molar refractivity (Wildman–Crippen MR) is 78.5 cm³/mol. The van der Waals surface area contributed by atoms with Crippen LogP contribution in [0.2, 0.25) is 0 Å². The van der Waals surface area contributed by atoms with Crippen LogP contribution in [0.1, 0.15) is 22.3 Å². The summed E-state index contributed by atoms with van der Waals surface area (Å²) in [4.78, 5) is 2.35. The fourth-order valence-electron chi connectivity index (χ4n) is 2.66. The molecule has 0 aromatic heterocycles. The van der Waals surface area contributed by atoms with Crippen molar-refractivity contribution in [1.29, 1.82) is 5.41 Å².